The Hall–Kier alpha value is -3.17. The van der Waals surface area contributed by atoms with Gasteiger partial charge in [0.25, 0.3) is 17.7 Å². The van der Waals surface area contributed by atoms with E-state index in [1.54, 1.807) is 42.5 Å². The normalized spacial score (nSPS) is 10.3. The third-order valence-corrected chi connectivity index (χ3v) is 4.71. The number of H-pyrrole nitrogens is 1. The molecule has 0 aliphatic heterocycles. The summed E-state index contributed by atoms with van der Waals surface area (Å²) in [5.41, 5.74) is 1.38. The van der Waals surface area contributed by atoms with E-state index in [-0.39, 0.29) is 17.3 Å². The third-order valence-electron chi connectivity index (χ3n) is 3.88. The van der Waals surface area contributed by atoms with Crippen LogP contribution in [0.3, 0.4) is 0 Å². The van der Waals surface area contributed by atoms with Crippen molar-refractivity contribution in [2.45, 2.75) is 0 Å². The smallest absolute Gasteiger partial charge is 0.274 e. The molecular formula is C19H15BrClN5O3. The van der Waals surface area contributed by atoms with Crippen molar-refractivity contribution in [3.63, 3.8) is 0 Å². The summed E-state index contributed by atoms with van der Waals surface area (Å²) in [5.74, 6) is -1.35. The Balaban J connectivity index is 1.68. The molecule has 10 heteroatoms. The van der Waals surface area contributed by atoms with Crippen LogP contribution in [0.2, 0.25) is 5.02 Å². The molecule has 1 heterocycles. The van der Waals surface area contributed by atoms with Crippen molar-refractivity contribution in [3.05, 3.63) is 75.2 Å². The Bertz CT molecular complexity index is 1080. The molecule has 1 aromatic heterocycles. The number of carbonyl (C=O) groups excluding carboxylic acids is 3. The summed E-state index contributed by atoms with van der Waals surface area (Å²) in [6.07, 6.45) is 1.27. The van der Waals surface area contributed by atoms with Crippen LogP contribution in [0.15, 0.2) is 53.3 Å². The predicted molar refractivity (Wildman–Crippen MR) is 113 cm³/mol. The molecule has 0 fully saturated rings. The number of halogens is 2. The number of amides is 3. The monoisotopic (exact) mass is 475 g/mol. The molecule has 4 N–H and O–H groups in total. The summed E-state index contributed by atoms with van der Waals surface area (Å²) < 4.78 is 0.736. The Morgan fingerprint density at radius 3 is 2.21 bits per heavy atom. The number of aromatic amines is 1. The van der Waals surface area contributed by atoms with Gasteiger partial charge in [-0.1, -0.05) is 27.5 Å². The van der Waals surface area contributed by atoms with Gasteiger partial charge in [-0.05, 0) is 42.5 Å². The maximum absolute atomic E-state index is 12.4. The molecule has 3 rings (SSSR count). The molecule has 3 aromatic rings. The maximum atomic E-state index is 12.4. The Labute approximate surface area is 179 Å². The molecule has 0 radical (unpaired) electrons. The summed E-state index contributed by atoms with van der Waals surface area (Å²) in [6.45, 7) is 0. The number of nitrogens with zero attached hydrogens (tertiary/aromatic N) is 1. The van der Waals surface area contributed by atoms with E-state index in [0.29, 0.717) is 22.0 Å². The Morgan fingerprint density at radius 1 is 0.966 bits per heavy atom. The van der Waals surface area contributed by atoms with Crippen molar-refractivity contribution in [3.8, 4) is 0 Å². The standard InChI is InChI=1S/C19H15BrClN5O3/c1-22-18(28)15-16(24-9-23-15)19(29)26-12-5-3-11(4-6-12)25-17(27)13-8-10(20)2-7-14(13)21/h2-9H,1H3,(H,22,28)(H,23,24)(H,25,27)(H,26,29). The number of nitrogens with one attached hydrogen (secondary N) is 4. The van der Waals surface area contributed by atoms with E-state index in [0.717, 1.165) is 4.47 Å². The molecule has 0 aliphatic rings. The predicted octanol–water partition coefficient (Wildman–Crippen LogP) is 3.69. The Morgan fingerprint density at radius 2 is 1.59 bits per heavy atom. The highest BCUT2D eigenvalue weighted by atomic mass is 79.9. The molecule has 0 aliphatic carbocycles. The van der Waals surface area contributed by atoms with Gasteiger partial charge in [0.2, 0.25) is 0 Å². The average molecular weight is 477 g/mol. The molecule has 0 bridgehead atoms. The van der Waals surface area contributed by atoms with Crippen molar-refractivity contribution in [2.75, 3.05) is 17.7 Å². The van der Waals surface area contributed by atoms with Crippen LogP contribution in [0, 0.1) is 0 Å². The van der Waals surface area contributed by atoms with Crippen LogP contribution in [-0.4, -0.2) is 34.7 Å². The topological polar surface area (TPSA) is 116 Å². The van der Waals surface area contributed by atoms with E-state index in [4.69, 9.17) is 11.6 Å². The molecule has 0 saturated carbocycles. The quantitative estimate of drug-likeness (QED) is 0.449. The minimum absolute atomic E-state index is 0.000200. The van der Waals surface area contributed by atoms with Crippen LogP contribution in [0.4, 0.5) is 11.4 Å². The fourth-order valence-corrected chi connectivity index (χ4v) is 3.02. The molecule has 2 aromatic carbocycles. The average Bonchev–Trinajstić information content (AvgIpc) is 3.20. The molecule has 29 heavy (non-hydrogen) atoms. The van der Waals surface area contributed by atoms with Gasteiger partial charge in [0, 0.05) is 22.9 Å². The van der Waals surface area contributed by atoms with Gasteiger partial charge in [-0.15, -0.1) is 0 Å². The minimum Gasteiger partial charge on any atom is -0.354 e. The number of anilines is 2. The molecule has 8 nitrogen and oxygen atoms in total. The first kappa shape index (κ1) is 20.6. The number of aromatic nitrogens is 2. The molecule has 0 unspecified atom stereocenters. The minimum atomic E-state index is -0.515. The van der Waals surface area contributed by atoms with Crippen LogP contribution >= 0.6 is 27.5 Å². The van der Waals surface area contributed by atoms with E-state index in [1.807, 2.05) is 0 Å². The zero-order valence-electron chi connectivity index (χ0n) is 15.0. The van der Waals surface area contributed by atoms with Gasteiger partial charge in [0.05, 0.1) is 16.9 Å². The zero-order chi connectivity index (χ0) is 21.0. The van der Waals surface area contributed by atoms with E-state index in [2.05, 4.69) is 41.8 Å². The molecule has 0 atom stereocenters. The Kier molecular flexibility index (Phi) is 6.30. The van der Waals surface area contributed by atoms with Gasteiger partial charge >= 0.3 is 0 Å². The first-order valence-corrected chi connectivity index (χ1v) is 9.49. The van der Waals surface area contributed by atoms with E-state index >= 15 is 0 Å². The number of imidazole rings is 1. The third kappa shape index (κ3) is 4.82. The van der Waals surface area contributed by atoms with Gasteiger partial charge in [-0.25, -0.2) is 4.98 Å². The van der Waals surface area contributed by atoms with Gasteiger partial charge in [0.15, 0.2) is 5.69 Å². The summed E-state index contributed by atoms with van der Waals surface area (Å²) in [6, 6.07) is 11.5. The van der Waals surface area contributed by atoms with Crippen LogP contribution in [-0.2, 0) is 0 Å². The van der Waals surface area contributed by atoms with Crippen molar-refractivity contribution < 1.29 is 14.4 Å². The van der Waals surface area contributed by atoms with Gasteiger partial charge in [0.1, 0.15) is 5.69 Å². The fraction of sp³-hybridized carbons (Fsp3) is 0.0526. The van der Waals surface area contributed by atoms with Gasteiger partial charge in [-0.3, -0.25) is 14.4 Å². The summed E-state index contributed by atoms with van der Waals surface area (Å²) in [5, 5.41) is 8.16. The van der Waals surface area contributed by atoms with Gasteiger partial charge < -0.3 is 20.9 Å². The van der Waals surface area contributed by atoms with Crippen LogP contribution < -0.4 is 16.0 Å². The second-order valence-electron chi connectivity index (χ2n) is 5.82. The molecule has 148 valence electrons. The second-order valence-corrected chi connectivity index (χ2v) is 7.14. The number of rotatable bonds is 5. The molecule has 0 saturated heterocycles. The highest BCUT2D eigenvalue weighted by molar-refractivity contribution is 9.10. The largest absolute Gasteiger partial charge is 0.354 e. The van der Waals surface area contributed by atoms with E-state index in [9.17, 15) is 14.4 Å². The number of benzene rings is 2. The lowest BCUT2D eigenvalue weighted by Gasteiger charge is -2.09. The number of carbonyl (C=O) groups is 3. The first-order chi connectivity index (χ1) is 13.9. The number of hydrogen-bond donors (Lipinski definition) is 4. The molecular weight excluding hydrogens is 462 g/mol. The van der Waals surface area contributed by atoms with Crippen molar-refractivity contribution in [1.82, 2.24) is 15.3 Å². The van der Waals surface area contributed by atoms with Crippen molar-refractivity contribution >= 4 is 56.6 Å². The highest BCUT2D eigenvalue weighted by Crippen LogP contribution is 2.23. The first-order valence-electron chi connectivity index (χ1n) is 8.32. The summed E-state index contributed by atoms with van der Waals surface area (Å²) >= 11 is 9.37. The molecule has 0 spiro atoms. The number of hydrogen-bond acceptors (Lipinski definition) is 4. The van der Waals surface area contributed by atoms with Crippen LogP contribution in [0.5, 0.6) is 0 Å². The van der Waals surface area contributed by atoms with Crippen LogP contribution in [0.25, 0.3) is 0 Å². The molecule has 3 amide bonds. The fourth-order valence-electron chi connectivity index (χ4n) is 2.46. The van der Waals surface area contributed by atoms with Crippen molar-refractivity contribution in [2.24, 2.45) is 0 Å². The SMILES string of the molecule is CNC(=O)c1nc[nH]c1C(=O)Nc1ccc(NC(=O)c2cc(Br)ccc2Cl)cc1. The van der Waals surface area contributed by atoms with E-state index in [1.165, 1.54) is 13.4 Å². The van der Waals surface area contributed by atoms with E-state index < -0.39 is 11.8 Å². The lowest BCUT2D eigenvalue weighted by molar-refractivity contribution is 0.0943. The lowest BCUT2D eigenvalue weighted by atomic mass is 10.2. The highest BCUT2D eigenvalue weighted by Gasteiger charge is 2.19. The zero-order valence-corrected chi connectivity index (χ0v) is 17.4. The second kappa shape index (κ2) is 8.89. The van der Waals surface area contributed by atoms with Crippen molar-refractivity contribution in [1.29, 1.82) is 0 Å². The van der Waals surface area contributed by atoms with Gasteiger partial charge in [-0.2, -0.15) is 0 Å². The maximum Gasteiger partial charge on any atom is 0.274 e. The lowest BCUT2D eigenvalue weighted by Crippen LogP contribution is -2.23. The van der Waals surface area contributed by atoms with Crippen LogP contribution in [0.1, 0.15) is 31.3 Å². The summed E-state index contributed by atoms with van der Waals surface area (Å²) in [7, 11) is 1.45. The summed E-state index contributed by atoms with van der Waals surface area (Å²) in [4.78, 5) is 43.0.